The fraction of sp³-hybridized carbons (Fsp3) is 0.391. The first-order chi connectivity index (χ1) is 13.8. The predicted molar refractivity (Wildman–Crippen MR) is 116 cm³/mol. The zero-order chi connectivity index (χ0) is 21.0. The van der Waals surface area contributed by atoms with Gasteiger partial charge < -0.3 is 14.3 Å². The van der Waals surface area contributed by atoms with Gasteiger partial charge in [-0.15, -0.1) is 0 Å². The van der Waals surface area contributed by atoms with Gasteiger partial charge in [0.2, 0.25) is 0 Å². The monoisotopic (exact) mass is 413 g/mol. The fourth-order valence-electron chi connectivity index (χ4n) is 3.76. The van der Waals surface area contributed by atoms with Gasteiger partial charge in [0.05, 0.1) is 18.6 Å². The number of halogens is 1. The number of aromatic amines is 1. The van der Waals surface area contributed by atoms with E-state index < -0.39 is 0 Å². The molecule has 0 aliphatic rings. The van der Waals surface area contributed by atoms with Gasteiger partial charge in [-0.2, -0.15) is 0 Å². The molecule has 1 aromatic carbocycles. The van der Waals surface area contributed by atoms with Crippen molar-refractivity contribution in [3.8, 4) is 0 Å². The topological polar surface area (TPSA) is 59.9 Å². The van der Waals surface area contributed by atoms with Gasteiger partial charge in [-0.25, -0.2) is 9.78 Å². The van der Waals surface area contributed by atoms with E-state index in [0.29, 0.717) is 24.5 Å². The van der Waals surface area contributed by atoms with Crippen LogP contribution in [0.4, 0.5) is 0 Å². The number of ether oxygens (including phenoxy) is 1. The third kappa shape index (κ3) is 4.56. The number of H-pyrrole nitrogens is 1. The Morgan fingerprint density at radius 3 is 2.66 bits per heavy atom. The summed E-state index contributed by atoms with van der Waals surface area (Å²) in [4.78, 5) is 19.9. The van der Waals surface area contributed by atoms with Gasteiger partial charge in [-0.05, 0) is 56.0 Å². The molecule has 29 heavy (non-hydrogen) atoms. The summed E-state index contributed by atoms with van der Waals surface area (Å²) in [5, 5.41) is 0.742. The Bertz CT molecular complexity index is 970. The van der Waals surface area contributed by atoms with Crippen LogP contribution in [0.3, 0.4) is 0 Å². The summed E-state index contributed by atoms with van der Waals surface area (Å²) in [6.07, 6.45) is 5.47. The lowest BCUT2D eigenvalue weighted by Gasteiger charge is -2.26. The predicted octanol–water partition coefficient (Wildman–Crippen LogP) is 5.31. The van der Waals surface area contributed by atoms with Gasteiger partial charge in [0.25, 0.3) is 0 Å². The first-order valence-corrected chi connectivity index (χ1v) is 10.3. The Balaban J connectivity index is 1.72. The van der Waals surface area contributed by atoms with Gasteiger partial charge in [0, 0.05) is 28.9 Å². The molecule has 0 saturated carbocycles. The van der Waals surface area contributed by atoms with E-state index in [1.807, 2.05) is 36.7 Å². The summed E-state index contributed by atoms with van der Waals surface area (Å²) in [7, 11) is 0. The van der Waals surface area contributed by atoms with E-state index in [9.17, 15) is 4.79 Å². The lowest BCUT2D eigenvalue weighted by Crippen LogP contribution is -2.20. The van der Waals surface area contributed by atoms with Crippen LogP contribution in [0.15, 0.2) is 42.9 Å². The quantitative estimate of drug-likeness (QED) is 0.509. The van der Waals surface area contributed by atoms with Gasteiger partial charge in [-0.1, -0.05) is 37.6 Å². The van der Waals surface area contributed by atoms with Gasteiger partial charge in [0.1, 0.15) is 5.69 Å². The van der Waals surface area contributed by atoms with Gasteiger partial charge in [-0.3, -0.25) is 0 Å². The Hall–Kier alpha value is -2.53. The number of carbonyl (C=O) groups excluding carboxylic acids is 1. The molecule has 0 radical (unpaired) electrons. The van der Waals surface area contributed by atoms with Crippen LogP contribution in [-0.4, -0.2) is 27.1 Å². The first kappa shape index (κ1) is 21.2. The second-order valence-corrected chi connectivity index (χ2v) is 8.13. The van der Waals surface area contributed by atoms with E-state index in [2.05, 4.69) is 42.0 Å². The van der Waals surface area contributed by atoms with Crippen LogP contribution < -0.4 is 0 Å². The van der Waals surface area contributed by atoms with E-state index in [1.165, 1.54) is 16.8 Å². The maximum absolute atomic E-state index is 12.2. The molecule has 5 nitrogen and oxygen atoms in total. The van der Waals surface area contributed by atoms with Crippen LogP contribution in [0.2, 0.25) is 5.02 Å². The third-order valence-electron chi connectivity index (χ3n) is 5.39. The number of aromatic nitrogens is 3. The average molecular weight is 414 g/mol. The van der Waals surface area contributed by atoms with Crippen LogP contribution in [-0.2, 0) is 23.1 Å². The van der Waals surface area contributed by atoms with Crippen molar-refractivity contribution in [3.05, 3.63) is 76.1 Å². The lowest BCUT2D eigenvalue weighted by molar-refractivity contribution is 0.0512. The Morgan fingerprint density at radius 1 is 1.24 bits per heavy atom. The number of hydrogen-bond acceptors (Lipinski definition) is 3. The molecule has 0 bridgehead atoms. The standard InChI is InChI=1S/C23H28ClN3O2/c1-5-29-22(28)21-16(2)26-15-27(21)14-6-7-20-19(12-13-25-20)23(3,4)17-8-10-18(24)11-9-17/h8-13,15,25H,5-7,14H2,1-4H3. The number of rotatable bonds is 8. The van der Waals surface area contributed by atoms with Crippen molar-refractivity contribution in [3.63, 3.8) is 0 Å². The molecule has 0 atom stereocenters. The van der Waals surface area contributed by atoms with Crippen molar-refractivity contribution in [1.29, 1.82) is 0 Å². The molecule has 0 unspecified atom stereocenters. The first-order valence-electron chi connectivity index (χ1n) is 9.96. The third-order valence-corrected chi connectivity index (χ3v) is 5.64. The van der Waals surface area contributed by atoms with E-state index >= 15 is 0 Å². The van der Waals surface area contributed by atoms with Gasteiger partial charge >= 0.3 is 5.97 Å². The molecule has 3 aromatic rings. The Kier molecular flexibility index (Phi) is 6.48. The number of imidazole rings is 1. The van der Waals surface area contributed by atoms with Crippen molar-refractivity contribution in [2.75, 3.05) is 6.61 Å². The number of benzene rings is 1. The van der Waals surface area contributed by atoms with Crippen molar-refractivity contribution in [2.24, 2.45) is 0 Å². The minimum absolute atomic E-state index is 0.137. The molecule has 2 aromatic heterocycles. The summed E-state index contributed by atoms with van der Waals surface area (Å²) in [6, 6.07) is 10.2. The van der Waals surface area contributed by atoms with Crippen molar-refractivity contribution in [1.82, 2.24) is 14.5 Å². The number of nitrogens with one attached hydrogen (secondary N) is 1. The highest BCUT2D eigenvalue weighted by Gasteiger charge is 2.26. The second kappa shape index (κ2) is 8.87. The minimum Gasteiger partial charge on any atom is -0.461 e. The van der Waals surface area contributed by atoms with Crippen LogP contribution in [0.5, 0.6) is 0 Å². The zero-order valence-corrected chi connectivity index (χ0v) is 18.2. The highest BCUT2D eigenvalue weighted by molar-refractivity contribution is 6.30. The zero-order valence-electron chi connectivity index (χ0n) is 17.5. The highest BCUT2D eigenvalue weighted by Crippen LogP contribution is 2.34. The summed E-state index contributed by atoms with van der Waals surface area (Å²) in [5.74, 6) is -0.313. The molecule has 0 spiro atoms. The maximum atomic E-state index is 12.2. The van der Waals surface area contributed by atoms with E-state index in [-0.39, 0.29) is 11.4 Å². The molecule has 2 heterocycles. The molecule has 0 aliphatic carbocycles. The molecule has 0 saturated heterocycles. The number of carbonyl (C=O) groups is 1. The van der Waals surface area contributed by atoms with Gasteiger partial charge in [0.15, 0.2) is 0 Å². The fourth-order valence-corrected chi connectivity index (χ4v) is 3.89. The molecule has 0 amide bonds. The number of esters is 1. The summed E-state index contributed by atoms with van der Waals surface area (Å²) in [5.41, 5.74) is 4.80. The molecule has 6 heteroatoms. The number of aryl methyl sites for hydroxylation is 3. The largest absolute Gasteiger partial charge is 0.461 e. The Morgan fingerprint density at radius 2 is 1.97 bits per heavy atom. The van der Waals surface area contributed by atoms with Crippen molar-refractivity contribution < 1.29 is 9.53 Å². The number of hydrogen-bond donors (Lipinski definition) is 1. The normalized spacial score (nSPS) is 11.6. The summed E-state index contributed by atoms with van der Waals surface area (Å²) in [6.45, 7) is 9.15. The van der Waals surface area contributed by atoms with Crippen LogP contribution in [0, 0.1) is 6.92 Å². The SMILES string of the molecule is CCOC(=O)c1c(C)ncn1CCCc1[nH]ccc1C(C)(C)c1ccc(Cl)cc1. The summed E-state index contributed by atoms with van der Waals surface area (Å²) < 4.78 is 7.05. The highest BCUT2D eigenvalue weighted by atomic mass is 35.5. The average Bonchev–Trinajstić information content (AvgIpc) is 3.29. The molecular weight excluding hydrogens is 386 g/mol. The van der Waals surface area contributed by atoms with Crippen molar-refractivity contribution >= 4 is 17.6 Å². The Labute approximate surface area is 177 Å². The maximum Gasteiger partial charge on any atom is 0.356 e. The molecule has 0 fully saturated rings. The molecular formula is C23H28ClN3O2. The molecule has 0 aliphatic heterocycles. The van der Waals surface area contributed by atoms with E-state index in [1.54, 1.807) is 6.33 Å². The number of nitrogens with zero attached hydrogens (tertiary/aromatic N) is 2. The molecule has 154 valence electrons. The van der Waals surface area contributed by atoms with E-state index in [4.69, 9.17) is 16.3 Å². The summed E-state index contributed by atoms with van der Waals surface area (Å²) >= 11 is 6.05. The second-order valence-electron chi connectivity index (χ2n) is 7.70. The van der Waals surface area contributed by atoms with Crippen LogP contribution in [0.25, 0.3) is 0 Å². The van der Waals surface area contributed by atoms with Crippen LogP contribution >= 0.6 is 11.6 Å². The minimum atomic E-state index is -0.313. The lowest BCUT2D eigenvalue weighted by atomic mass is 9.77. The van der Waals surface area contributed by atoms with E-state index in [0.717, 1.165) is 17.9 Å². The van der Waals surface area contributed by atoms with Crippen molar-refractivity contribution in [2.45, 2.75) is 52.5 Å². The molecule has 3 rings (SSSR count). The van der Waals surface area contributed by atoms with Crippen LogP contribution in [0.1, 0.15) is 60.2 Å². The smallest absolute Gasteiger partial charge is 0.356 e. The molecule has 1 N–H and O–H groups in total.